The summed E-state index contributed by atoms with van der Waals surface area (Å²) in [6.07, 6.45) is 0. The SMILES string of the molecule is Cc1ccc(C)c(S(=O)(=O)Nc2cccc(F)c2C#N)c1. The number of hydrogen-bond acceptors (Lipinski definition) is 3. The molecule has 4 nitrogen and oxygen atoms in total. The first-order chi connectivity index (χ1) is 9.85. The van der Waals surface area contributed by atoms with Crippen LogP contribution in [-0.4, -0.2) is 8.42 Å². The van der Waals surface area contributed by atoms with Gasteiger partial charge in [-0.15, -0.1) is 0 Å². The number of sulfonamides is 1. The molecule has 0 spiro atoms. The third-order valence-corrected chi connectivity index (χ3v) is 4.51. The second kappa shape index (κ2) is 5.54. The molecule has 0 saturated carbocycles. The Morgan fingerprint density at radius 3 is 2.57 bits per heavy atom. The number of anilines is 1. The van der Waals surface area contributed by atoms with Gasteiger partial charge < -0.3 is 0 Å². The third-order valence-electron chi connectivity index (χ3n) is 3.00. The molecule has 6 heteroatoms. The molecule has 0 fully saturated rings. The lowest BCUT2D eigenvalue weighted by molar-refractivity contribution is 0.600. The predicted octanol–water partition coefficient (Wildman–Crippen LogP) is 3.12. The van der Waals surface area contributed by atoms with Crippen molar-refractivity contribution >= 4 is 15.7 Å². The van der Waals surface area contributed by atoms with Crippen LogP contribution in [-0.2, 0) is 10.0 Å². The van der Waals surface area contributed by atoms with E-state index in [0.717, 1.165) is 11.6 Å². The summed E-state index contributed by atoms with van der Waals surface area (Å²) < 4.78 is 40.6. The fraction of sp³-hybridized carbons (Fsp3) is 0.133. The van der Waals surface area contributed by atoms with Crippen molar-refractivity contribution in [2.75, 3.05) is 4.72 Å². The van der Waals surface area contributed by atoms with Crippen LogP contribution in [0.15, 0.2) is 41.3 Å². The van der Waals surface area contributed by atoms with Crippen molar-refractivity contribution in [3.63, 3.8) is 0 Å². The molecule has 2 aromatic carbocycles. The Bertz CT molecular complexity index is 839. The van der Waals surface area contributed by atoms with Crippen LogP contribution in [0.25, 0.3) is 0 Å². The number of nitrogens with zero attached hydrogens (tertiary/aromatic N) is 1. The van der Waals surface area contributed by atoms with Crippen LogP contribution in [0.2, 0.25) is 0 Å². The molecule has 0 atom stereocenters. The summed E-state index contributed by atoms with van der Waals surface area (Å²) in [4.78, 5) is 0.107. The monoisotopic (exact) mass is 304 g/mol. The zero-order valence-electron chi connectivity index (χ0n) is 11.5. The lowest BCUT2D eigenvalue weighted by Gasteiger charge is -2.12. The Morgan fingerprint density at radius 1 is 1.19 bits per heavy atom. The second-order valence-electron chi connectivity index (χ2n) is 4.65. The van der Waals surface area contributed by atoms with Crippen molar-refractivity contribution in [3.05, 3.63) is 58.9 Å². The molecular weight excluding hydrogens is 291 g/mol. The minimum Gasteiger partial charge on any atom is -0.278 e. The van der Waals surface area contributed by atoms with E-state index < -0.39 is 15.8 Å². The van der Waals surface area contributed by atoms with Gasteiger partial charge in [-0.3, -0.25) is 4.72 Å². The van der Waals surface area contributed by atoms with Crippen LogP contribution >= 0.6 is 0 Å². The maximum Gasteiger partial charge on any atom is 0.262 e. The van der Waals surface area contributed by atoms with Gasteiger partial charge in [-0.2, -0.15) is 5.26 Å². The van der Waals surface area contributed by atoms with Crippen LogP contribution in [0.5, 0.6) is 0 Å². The molecule has 0 radical (unpaired) electrons. The van der Waals surface area contributed by atoms with Gasteiger partial charge in [0.05, 0.1) is 10.6 Å². The maximum absolute atomic E-state index is 13.5. The van der Waals surface area contributed by atoms with Crippen LogP contribution in [0, 0.1) is 31.0 Å². The molecular formula is C15H13FN2O2S. The lowest BCUT2D eigenvalue weighted by atomic mass is 10.2. The molecule has 0 aliphatic rings. The van der Waals surface area contributed by atoms with Gasteiger partial charge in [-0.05, 0) is 43.2 Å². The second-order valence-corrected chi connectivity index (χ2v) is 6.30. The Balaban J connectivity index is 2.51. The largest absolute Gasteiger partial charge is 0.278 e. The van der Waals surface area contributed by atoms with Crippen LogP contribution in [0.1, 0.15) is 16.7 Å². The number of nitrogens with one attached hydrogen (secondary N) is 1. The summed E-state index contributed by atoms with van der Waals surface area (Å²) in [7, 11) is -3.88. The summed E-state index contributed by atoms with van der Waals surface area (Å²) >= 11 is 0. The quantitative estimate of drug-likeness (QED) is 0.947. The number of halogens is 1. The number of nitriles is 1. The van der Waals surface area contributed by atoms with Crippen LogP contribution in [0.3, 0.4) is 0 Å². The average molecular weight is 304 g/mol. The smallest absolute Gasteiger partial charge is 0.262 e. The highest BCUT2D eigenvalue weighted by atomic mass is 32.2. The van der Waals surface area contributed by atoms with Crippen molar-refractivity contribution < 1.29 is 12.8 Å². The van der Waals surface area contributed by atoms with E-state index in [-0.39, 0.29) is 16.1 Å². The first kappa shape index (κ1) is 15.0. The van der Waals surface area contributed by atoms with Crippen LogP contribution < -0.4 is 4.72 Å². The third kappa shape index (κ3) is 3.03. The summed E-state index contributed by atoms with van der Waals surface area (Å²) in [5.74, 6) is -0.765. The summed E-state index contributed by atoms with van der Waals surface area (Å²) in [5, 5.41) is 8.94. The molecule has 1 N–H and O–H groups in total. The predicted molar refractivity (Wildman–Crippen MR) is 77.8 cm³/mol. The zero-order valence-corrected chi connectivity index (χ0v) is 12.3. The van der Waals surface area contributed by atoms with E-state index in [2.05, 4.69) is 4.72 Å². The molecule has 21 heavy (non-hydrogen) atoms. The van der Waals surface area contributed by atoms with Crippen molar-refractivity contribution in [1.82, 2.24) is 0 Å². The molecule has 0 aromatic heterocycles. The van der Waals surface area contributed by atoms with E-state index in [4.69, 9.17) is 5.26 Å². The van der Waals surface area contributed by atoms with Crippen molar-refractivity contribution in [3.8, 4) is 6.07 Å². The Hall–Kier alpha value is -2.39. The lowest BCUT2D eigenvalue weighted by Crippen LogP contribution is -2.15. The standard InChI is InChI=1S/C15H13FN2O2S/c1-10-6-7-11(2)15(8-10)21(19,20)18-14-5-3-4-13(16)12(14)9-17/h3-8,18H,1-2H3. The first-order valence-corrected chi connectivity index (χ1v) is 7.62. The van der Waals surface area contributed by atoms with E-state index in [1.54, 1.807) is 32.0 Å². The highest BCUT2D eigenvalue weighted by Gasteiger charge is 2.19. The molecule has 0 bridgehead atoms. The normalized spacial score (nSPS) is 11.0. The van der Waals surface area contributed by atoms with Gasteiger partial charge in [-0.1, -0.05) is 18.2 Å². The van der Waals surface area contributed by atoms with Crippen molar-refractivity contribution in [1.29, 1.82) is 5.26 Å². The fourth-order valence-corrected chi connectivity index (χ4v) is 3.32. The molecule has 0 aliphatic carbocycles. The first-order valence-electron chi connectivity index (χ1n) is 6.14. The van der Waals surface area contributed by atoms with Gasteiger partial charge in [0.2, 0.25) is 0 Å². The van der Waals surface area contributed by atoms with E-state index in [1.807, 2.05) is 0 Å². The minimum atomic E-state index is -3.88. The van der Waals surface area contributed by atoms with Gasteiger partial charge in [0.1, 0.15) is 17.4 Å². The fourth-order valence-electron chi connectivity index (χ4n) is 1.92. The maximum atomic E-state index is 13.5. The number of hydrogen-bond donors (Lipinski definition) is 1. The van der Waals surface area contributed by atoms with E-state index in [0.29, 0.717) is 5.56 Å². The summed E-state index contributed by atoms with van der Waals surface area (Å²) in [5.41, 5.74) is 0.966. The topological polar surface area (TPSA) is 70.0 Å². The molecule has 0 saturated heterocycles. The van der Waals surface area contributed by atoms with Crippen molar-refractivity contribution in [2.45, 2.75) is 18.7 Å². The van der Waals surface area contributed by atoms with Crippen LogP contribution in [0.4, 0.5) is 10.1 Å². The highest BCUT2D eigenvalue weighted by Crippen LogP contribution is 2.24. The molecule has 0 aliphatic heterocycles. The number of rotatable bonds is 3. The molecule has 0 unspecified atom stereocenters. The zero-order chi connectivity index (χ0) is 15.6. The number of benzene rings is 2. The Kier molecular flexibility index (Phi) is 3.96. The van der Waals surface area contributed by atoms with Gasteiger partial charge in [-0.25, -0.2) is 12.8 Å². The molecule has 2 rings (SSSR count). The highest BCUT2D eigenvalue weighted by molar-refractivity contribution is 7.92. The minimum absolute atomic E-state index is 0.0709. The Labute approximate surface area is 122 Å². The van der Waals surface area contributed by atoms with Gasteiger partial charge in [0.15, 0.2) is 0 Å². The Morgan fingerprint density at radius 2 is 1.90 bits per heavy atom. The van der Waals surface area contributed by atoms with Gasteiger partial charge >= 0.3 is 0 Å². The van der Waals surface area contributed by atoms with Crippen molar-refractivity contribution in [2.24, 2.45) is 0 Å². The molecule has 0 heterocycles. The summed E-state index contributed by atoms with van der Waals surface area (Å²) in [6, 6.07) is 10.5. The number of aryl methyl sites for hydroxylation is 2. The molecule has 2 aromatic rings. The van der Waals surface area contributed by atoms with Gasteiger partial charge in [0.25, 0.3) is 10.0 Å². The summed E-state index contributed by atoms with van der Waals surface area (Å²) in [6.45, 7) is 3.45. The van der Waals surface area contributed by atoms with Gasteiger partial charge in [0, 0.05) is 0 Å². The average Bonchev–Trinajstić information content (AvgIpc) is 2.41. The van der Waals surface area contributed by atoms with E-state index in [1.165, 1.54) is 18.2 Å². The molecule has 0 amide bonds. The van der Waals surface area contributed by atoms with E-state index >= 15 is 0 Å². The van der Waals surface area contributed by atoms with E-state index in [9.17, 15) is 12.8 Å². The molecule has 108 valence electrons.